The number of methoxy groups -OCH3 is 1. The molecule has 2 aromatic rings. The van der Waals surface area contributed by atoms with Crippen molar-refractivity contribution >= 4 is 5.91 Å². The van der Waals surface area contributed by atoms with Crippen molar-refractivity contribution in [2.24, 2.45) is 0 Å². The maximum atomic E-state index is 13.7. The Morgan fingerprint density at radius 1 is 1.29 bits per heavy atom. The molecular weight excluding hydrogens is 271 g/mol. The third-order valence-corrected chi connectivity index (χ3v) is 2.96. The van der Waals surface area contributed by atoms with E-state index in [0.717, 1.165) is 5.56 Å². The lowest BCUT2D eigenvalue weighted by Crippen LogP contribution is -2.24. The van der Waals surface area contributed by atoms with Gasteiger partial charge in [-0.2, -0.15) is 5.26 Å². The maximum absolute atomic E-state index is 13.7. The van der Waals surface area contributed by atoms with Gasteiger partial charge in [0.1, 0.15) is 17.1 Å². The largest absolute Gasteiger partial charge is 0.496 e. The van der Waals surface area contributed by atoms with Gasteiger partial charge in [0.25, 0.3) is 5.91 Å². The first-order valence-electron chi connectivity index (χ1n) is 6.25. The van der Waals surface area contributed by atoms with Crippen molar-refractivity contribution in [1.82, 2.24) is 5.32 Å². The normalized spacial score (nSPS) is 9.76. The Balaban J connectivity index is 2.10. The fourth-order valence-electron chi connectivity index (χ4n) is 1.86. The Labute approximate surface area is 121 Å². The van der Waals surface area contributed by atoms with E-state index in [9.17, 15) is 9.18 Å². The molecule has 5 heteroatoms. The highest BCUT2D eigenvalue weighted by molar-refractivity contribution is 5.97. The Morgan fingerprint density at radius 2 is 2.00 bits per heavy atom. The zero-order chi connectivity index (χ0) is 15.2. The van der Waals surface area contributed by atoms with Crippen LogP contribution in [0.5, 0.6) is 5.75 Å². The number of carbonyl (C=O) groups is 1. The van der Waals surface area contributed by atoms with E-state index in [2.05, 4.69) is 5.32 Å². The van der Waals surface area contributed by atoms with E-state index >= 15 is 0 Å². The highest BCUT2D eigenvalue weighted by atomic mass is 19.1. The first-order valence-corrected chi connectivity index (χ1v) is 6.25. The fraction of sp³-hybridized carbons (Fsp3) is 0.125. The Morgan fingerprint density at radius 3 is 2.62 bits per heavy atom. The van der Waals surface area contributed by atoms with Crippen molar-refractivity contribution in [2.75, 3.05) is 7.11 Å². The van der Waals surface area contributed by atoms with Crippen LogP contribution in [-0.4, -0.2) is 13.0 Å². The van der Waals surface area contributed by atoms with Gasteiger partial charge in [0.15, 0.2) is 0 Å². The molecule has 0 bridgehead atoms. The first kappa shape index (κ1) is 14.5. The molecule has 4 nitrogen and oxygen atoms in total. The van der Waals surface area contributed by atoms with E-state index in [1.165, 1.54) is 25.3 Å². The molecule has 106 valence electrons. The van der Waals surface area contributed by atoms with Crippen molar-refractivity contribution in [3.05, 3.63) is 65.0 Å². The zero-order valence-electron chi connectivity index (χ0n) is 11.4. The summed E-state index contributed by atoms with van der Waals surface area (Å²) in [6.45, 7) is 0.238. The van der Waals surface area contributed by atoms with Gasteiger partial charge in [0.05, 0.1) is 18.7 Å². The van der Waals surface area contributed by atoms with E-state index in [0.29, 0.717) is 5.56 Å². The molecule has 0 saturated carbocycles. The Kier molecular flexibility index (Phi) is 4.52. The number of ether oxygens (including phenoxy) is 1. The van der Waals surface area contributed by atoms with Crippen molar-refractivity contribution < 1.29 is 13.9 Å². The van der Waals surface area contributed by atoms with E-state index in [4.69, 9.17) is 10.00 Å². The van der Waals surface area contributed by atoms with Gasteiger partial charge in [-0.15, -0.1) is 0 Å². The summed E-state index contributed by atoms with van der Waals surface area (Å²) in [5, 5.41) is 11.3. The molecule has 0 atom stereocenters. The number of nitriles is 1. The lowest BCUT2D eigenvalue weighted by atomic mass is 10.1. The third kappa shape index (κ3) is 3.37. The number of nitrogens with one attached hydrogen (secondary N) is 1. The lowest BCUT2D eigenvalue weighted by molar-refractivity contribution is 0.0943. The first-order chi connectivity index (χ1) is 10.2. The monoisotopic (exact) mass is 284 g/mol. The SMILES string of the molecule is COc1cccc(F)c1C(=O)NCc1ccc(C#N)cc1. The van der Waals surface area contributed by atoms with Crippen LogP contribution in [0.15, 0.2) is 42.5 Å². The molecule has 1 amide bonds. The number of hydrogen-bond donors (Lipinski definition) is 1. The molecule has 0 aliphatic rings. The zero-order valence-corrected chi connectivity index (χ0v) is 11.4. The highest BCUT2D eigenvalue weighted by Gasteiger charge is 2.16. The van der Waals surface area contributed by atoms with Crippen molar-refractivity contribution in [3.8, 4) is 11.8 Å². The van der Waals surface area contributed by atoms with Gasteiger partial charge in [0, 0.05) is 6.54 Å². The van der Waals surface area contributed by atoms with Gasteiger partial charge in [-0.25, -0.2) is 4.39 Å². The quantitative estimate of drug-likeness (QED) is 0.938. The lowest BCUT2D eigenvalue weighted by Gasteiger charge is -2.10. The van der Waals surface area contributed by atoms with Gasteiger partial charge in [-0.3, -0.25) is 4.79 Å². The number of rotatable bonds is 4. The molecule has 0 fully saturated rings. The summed E-state index contributed by atoms with van der Waals surface area (Å²) in [4.78, 5) is 12.1. The molecule has 0 aromatic heterocycles. The van der Waals surface area contributed by atoms with Crippen LogP contribution in [0.1, 0.15) is 21.5 Å². The summed E-state index contributed by atoms with van der Waals surface area (Å²) in [6, 6.07) is 13.0. The second-order valence-electron chi connectivity index (χ2n) is 4.31. The number of carbonyl (C=O) groups excluding carboxylic acids is 1. The van der Waals surface area contributed by atoms with Crippen LogP contribution >= 0.6 is 0 Å². The van der Waals surface area contributed by atoms with Crippen molar-refractivity contribution in [2.45, 2.75) is 6.54 Å². The molecule has 0 unspecified atom stereocenters. The molecule has 2 aromatic carbocycles. The van der Waals surface area contributed by atoms with E-state index in [1.807, 2.05) is 6.07 Å². The van der Waals surface area contributed by atoms with Crippen LogP contribution in [0, 0.1) is 17.1 Å². The molecule has 21 heavy (non-hydrogen) atoms. The fourth-order valence-corrected chi connectivity index (χ4v) is 1.86. The van der Waals surface area contributed by atoms with Crippen LogP contribution in [0.2, 0.25) is 0 Å². The molecule has 0 saturated heterocycles. The average Bonchev–Trinajstić information content (AvgIpc) is 2.52. The number of hydrogen-bond acceptors (Lipinski definition) is 3. The topological polar surface area (TPSA) is 62.1 Å². The third-order valence-electron chi connectivity index (χ3n) is 2.96. The van der Waals surface area contributed by atoms with Crippen molar-refractivity contribution in [1.29, 1.82) is 5.26 Å². The maximum Gasteiger partial charge on any atom is 0.258 e. The van der Waals surface area contributed by atoms with Crippen LogP contribution < -0.4 is 10.1 Å². The minimum absolute atomic E-state index is 0.117. The molecule has 1 N–H and O–H groups in total. The molecule has 2 rings (SSSR count). The van der Waals surface area contributed by atoms with Gasteiger partial charge in [-0.1, -0.05) is 18.2 Å². The average molecular weight is 284 g/mol. The van der Waals surface area contributed by atoms with Gasteiger partial charge in [0.2, 0.25) is 0 Å². The standard InChI is InChI=1S/C16H13FN2O2/c1-21-14-4-2-3-13(17)15(14)16(20)19-10-12-7-5-11(9-18)6-8-12/h2-8H,10H2,1H3,(H,19,20). The summed E-state index contributed by atoms with van der Waals surface area (Å²) in [6.07, 6.45) is 0. The number of halogens is 1. The summed E-state index contributed by atoms with van der Waals surface area (Å²) in [5.74, 6) is -0.992. The summed E-state index contributed by atoms with van der Waals surface area (Å²) < 4.78 is 18.7. The molecular formula is C16H13FN2O2. The van der Waals surface area contributed by atoms with Crippen LogP contribution in [-0.2, 0) is 6.54 Å². The van der Waals surface area contributed by atoms with E-state index < -0.39 is 11.7 Å². The molecule has 0 aliphatic carbocycles. The molecule has 0 spiro atoms. The van der Waals surface area contributed by atoms with Crippen molar-refractivity contribution in [3.63, 3.8) is 0 Å². The minimum atomic E-state index is -0.633. The predicted octanol–water partition coefficient (Wildman–Crippen LogP) is 2.64. The number of nitrogens with zero attached hydrogens (tertiary/aromatic N) is 1. The van der Waals surface area contributed by atoms with Gasteiger partial charge >= 0.3 is 0 Å². The van der Waals surface area contributed by atoms with Crippen LogP contribution in [0.3, 0.4) is 0 Å². The van der Waals surface area contributed by atoms with E-state index in [-0.39, 0.29) is 17.9 Å². The Bertz CT molecular complexity index is 690. The Hall–Kier alpha value is -2.87. The van der Waals surface area contributed by atoms with Gasteiger partial charge in [-0.05, 0) is 29.8 Å². The second kappa shape index (κ2) is 6.53. The smallest absolute Gasteiger partial charge is 0.258 e. The molecule has 0 heterocycles. The summed E-state index contributed by atoms with van der Waals surface area (Å²) in [5.41, 5.74) is 1.24. The predicted molar refractivity (Wildman–Crippen MR) is 75.3 cm³/mol. The van der Waals surface area contributed by atoms with Crippen LogP contribution in [0.25, 0.3) is 0 Å². The van der Waals surface area contributed by atoms with E-state index in [1.54, 1.807) is 24.3 Å². The van der Waals surface area contributed by atoms with Crippen LogP contribution in [0.4, 0.5) is 4.39 Å². The van der Waals surface area contributed by atoms with Gasteiger partial charge < -0.3 is 10.1 Å². The summed E-state index contributed by atoms with van der Waals surface area (Å²) >= 11 is 0. The minimum Gasteiger partial charge on any atom is -0.496 e. The number of amides is 1. The molecule has 0 radical (unpaired) electrons. The second-order valence-corrected chi connectivity index (χ2v) is 4.31. The number of benzene rings is 2. The molecule has 0 aliphatic heterocycles. The highest BCUT2D eigenvalue weighted by Crippen LogP contribution is 2.21. The summed E-state index contributed by atoms with van der Waals surface area (Å²) in [7, 11) is 1.38.